The Bertz CT molecular complexity index is 536. The first-order chi connectivity index (χ1) is 8.27. The van der Waals surface area contributed by atoms with Crippen molar-refractivity contribution in [3.8, 4) is 0 Å². The van der Waals surface area contributed by atoms with Crippen LogP contribution in [0.15, 0.2) is 18.3 Å². The van der Waals surface area contributed by atoms with Crippen molar-refractivity contribution >= 4 is 5.52 Å². The predicted molar refractivity (Wildman–Crippen MR) is 69.5 cm³/mol. The van der Waals surface area contributed by atoms with Crippen LogP contribution in [0.25, 0.3) is 5.52 Å². The highest BCUT2D eigenvalue weighted by Gasteiger charge is 2.19. The summed E-state index contributed by atoms with van der Waals surface area (Å²) in [5, 5.41) is 3.49. The fourth-order valence-electron chi connectivity index (χ4n) is 2.97. The van der Waals surface area contributed by atoms with Crippen molar-refractivity contribution in [1.82, 2.24) is 14.7 Å². The largest absolute Gasteiger partial charge is 0.316 e. The third-order valence-electron chi connectivity index (χ3n) is 3.78. The molecule has 3 heteroatoms. The molecular formula is C14H19N3. The second kappa shape index (κ2) is 4.15. The van der Waals surface area contributed by atoms with Gasteiger partial charge >= 0.3 is 0 Å². The Kier molecular flexibility index (Phi) is 2.63. The molecule has 3 rings (SSSR count). The molecule has 1 aliphatic rings. The molecule has 1 aliphatic heterocycles. The Balaban J connectivity index is 2.15. The number of nitrogens with one attached hydrogen (secondary N) is 1. The van der Waals surface area contributed by atoms with Gasteiger partial charge in [0.2, 0.25) is 0 Å². The van der Waals surface area contributed by atoms with E-state index in [0.29, 0.717) is 5.92 Å². The van der Waals surface area contributed by atoms with Crippen molar-refractivity contribution in [1.29, 1.82) is 0 Å². The first kappa shape index (κ1) is 10.8. The highest BCUT2D eigenvalue weighted by Crippen LogP contribution is 2.28. The lowest BCUT2D eigenvalue weighted by Gasteiger charge is -2.24. The van der Waals surface area contributed by atoms with Crippen LogP contribution in [-0.4, -0.2) is 22.5 Å². The van der Waals surface area contributed by atoms with Gasteiger partial charge in [0, 0.05) is 12.7 Å². The van der Waals surface area contributed by atoms with Gasteiger partial charge in [0.05, 0.1) is 11.2 Å². The normalized spacial score (nSPS) is 20.9. The van der Waals surface area contributed by atoms with Crippen molar-refractivity contribution in [3.63, 3.8) is 0 Å². The Hall–Kier alpha value is -1.35. The van der Waals surface area contributed by atoms with Gasteiger partial charge < -0.3 is 9.72 Å². The highest BCUT2D eigenvalue weighted by atomic mass is 15.0. The van der Waals surface area contributed by atoms with E-state index >= 15 is 0 Å². The van der Waals surface area contributed by atoms with Crippen molar-refractivity contribution in [2.45, 2.75) is 32.6 Å². The van der Waals surface area contributed by atoms with Crippen molar-refractivity contribution in [3.05, 3.63) is 35.4 Å². The molecule has 1 unspecified atom stereocenters. The van der Waals surface area contributed by atoms with Crippen LogP contribution >= 0.6 is 0 Å². The van der Waals surface area contributed by atoms with E-state index in [0.717, 1.165) is 24.6 Å². The van der Waals surface area contributed by atoms with E-state index in [-0.39, 0.29) is 0 Å². The van der Waals surface area contributed by atoms with Gasteiger partial charge in [-0.2, -0.15) is 0 Å². The number of rotatable bonds is 1. The Labute approximate surface area is 102 Å². The standard InChI is InChI=1S/C14H19N3/c1-10-14-13(12-5-3-7-15-9-12)6-4-8-17(14)11(2)16-10/h4,6,8,12,15H,3,5,7,9H2,1-2H3. The molecule has 2 aromatic rings. The molecule has 0 bridgehead atoms. The average Bonchev–Trinajstić information content (AvgIpc) is 2.66. The van der Waals surface area contributed by atoms with E-state index in [2.05, 4.69) is 46.9 Å². The lowest BCUT2D eigenvalue weighted by molar-refractivity contribution is 0.462. The van der Waals surface area contributed by atoms with Gasteiger partial charge in [-0.25, -0.2) is 4.98 Å². The highest BCUT2D eigenvalue weighted by molar-refractivity contribution is 5.61. The third-order valence-corrected chi connectivity index (χ3v) is 3.78. The summed E-state index contributed by atoms with van der Waals surface area (Å²) in [5.41, 5.74) is 3.93. The maximum Gasteiger partial charge on any atom is 0.110 e. The molecule has 1 saturated heterocycles. The number of piperidine rings is 1. The number of aryl methyl sites for hydroxylation is 2. The minimum absolute atomic E-state index is 0.641. The summed E-state index contributed by atoms with van der Waals surface area (Å²) < 4.78 is 2.22. The summed E-state index contributed by atoms with van der Waals surface area (Å²) in [5.74, 6) is 1.73. The molecule has 1 fully saturated rings. The van der Waals surface area contributed by atoms with Crippen LogP contribution in [0, 0.1) is 13.8 Å². The topological polar surface area (TPSA) is 29.3 Å². The van der Waals surface area contributed by atoms with Crippen molar-refractivity contribution in [2.24, 2.45) is 0 Å². The van der Waals surface area contributed by atoms with Gasteiger partial charge in [-0.05, 0) is 50.8 Å². The van der Waals surface area contributed by atoms with E-state index < -0.39 is 0 Å². The predicted octanol–water partition coefficient (Wildman–Crippen LogP) is 2.42. The van der Waals surface area contributed by atoms with Gasteiger partial charge in [-0.15, -0.1) is 0 Å². The van der Waals surface area contributed by atoms with Crippen LogP contribution < -0.4 is 5.32 Å². The lowest BCUT2D eigenvalue weighted by Crippen LogP contribution is -2.28. The molecule has 1 atom stereocenters. The molecule has 90 valence electrons. The van der Waals surface area contributed by atoms with Crippen LogP contribution in [-0.2, 0) is 0 Å². The third kappa shape index (κ3) is 1.75. The van der Waals surface area contributed by atoms with Gasteiger partial charge in [-0.3, -0.25) is 0 Å². The van der Waals surface area contributed by atoms with Gasteiger partial charge in [-0.1, -0.05) is 6.07 Å². The molecule has 0 spiro atoms. The van der Waals surface area contributed by atoms with E-state index in [9.17, 15) is 0 Å². The average molecular weight is 229 g/mol. The summed E-state index contributed by atoms with van der Waals surface area (Å²) in [6.45, 7) is 6.45. The van der Waals surface area contributed by atoms with Crippen LogP contribution in [0.1, 0.15) is 35.8 Å². The molecule has 0 radical (unpaired) electrons. The molecule has 0 aliphatic carbocycles. The van der Waals surface area contributed by atoms with Crippen molar-refractivity contribution < 1.29 is 0 Å². The molecule has 0 saturated carbocycles. The van der Waals surface area contributed by atoms with Crippen molar-refractivity contribution in [2.75, 3.05) is 13.1 Å². The van der Waals surface area contributed by atoms with Crippen LogP contribution in [0.2, 0.25) is 0 Å². The summed E-state index contributed by atoms with van der Waals surface area (Å²) in [6.07, 6.45) is 4.68. The molecule has 2 aromatic heterocycles. The van der Waals surface area contributed by atoms with Gasteiger partial charge in [0.1, 0.15) is 5.82 Å². The molecule has 17 heavy (non-hydrogen) atoms. The fraction of sp³-hybridized carbons (Fsp3) is 0.500. The SMILES string of the molecule is Cc1nc(C)n2cccc(C3CCCNC3)c12. The number of aromatic nitrogens is 2. The summed E-state index contributed by atoms with van der Waals surface area (Å²) in [4.78, 5) is 4.59. The maximum atomic E-state index is 4.59. The first-order valence-electron chi connectivity index (χ1n) is 6.42. The second-order valence-electron chi connectivity index (χ2n) is 4.97. The van der Waals surface area contributed by atoms with E-state index in [1.807, 2.05) is 0 Å². The number of imidazole rings is 1. The number of pyridine rings is 1. The lowest BCUT2D eigenvalue weighted by atomic mass is 9.91. The molecule has 0 amide bonds. The van der Waals surface area contributed by atoms with Crippen LogP contribution in [0.3, 0.4) is 0 Å². The minimum Gasteiger partial charge on any atom is -0.316 e. The van der Waals surface area contributed by atoms with E-state index in [1.54, 1.807) is 0 Å². The molecule has 1 N–H and O–H groups in total. The Morgan fingerprint density at radius 2 is 2.29 bits per heavy atom. The molecular weight excluding hydrogens is 210 g/mol. The van der Waals surface area contributed by atoms with Gasteiger partial charge in [0.15, 0.2) is 0 Å². The number of hydrogen-bond acceptors (Lipinski definition) is 2. The Morgan fingerprint density at radius 1 is 1.41 bits per heavy atom. The molecule has 3 nitrogen and oxygen atoms in total. The first-order valence-corrected chi connectivity index (χ1v) is 6.42. The van der Waals surface area contributed by atoms with Gasteiger partial charge in [0.25, 0.3) is 0 Å². The summed E-state index contributed by atoms with van der Waals surface area (Å²) >= 11 is 0. The molecule has 3 heterocycles. The zero-order valence-corrected chi connectivity index (χ0v) is 10.5. The molecule has 0 aromatic carbocycles. The monoisotopic (exact) mass is 229 g/mol. The summed E-state index contributed by atoms with van der Waals surface area (Å²) in [6, 6.07) is 4.41. The van der Waals surface area contributed by atoms with Crippen LogP contribution in [0.5, 0.6) is 0 Å². The van der Waals surface area contributed by atoms with Crippen LogP contribution in [0.4, 0.5) is 0 Å². The fourth-order valence-corrected chi connectivity index (χ4v) is 2.97. The second-order valence-corrected chi connectivity index (χ2v) is 4.97. The minimum atomic E-state index is 0.641. The Morgan fingerprint density at radius 3 is 3.06 bits per heavy atom. The van der Waals surface area contributed by atoms with E-state index in [1.165, 1.54) is 23.9 Å². The maximum absolute atomic E-state index is 4.59. The summed E-state index contributed by atoms with van der Waals surface area (Å²) in [7, 11) is 0. The van der Waals surface area contributed by atoms with E-state index in [4.69, 9.17) is 0 Å². The zero-order valence-electron chi connectivity index (χ0n) is 10.5. The quantitative estimate of drug-likeness (QED) is 0.813. The number of fused-ring (bicyclic) bond motifs is 1. The number of nitrogens with zero attached hydrogens (tertiary/aromatic N) is 2. The zero-order chi connectivity index (χ0) is 11.8. The number of hydrogen-bond donors (Lipinski definition) is 1. The smallest absolute Gasteiger partial charge is 0.110 e.